The first-order chi connectivity index (χ1) is 7.91. The molecular formula is C10H17FN2O3S. The number of aliphatic hydroxyl groups is 2. The normalized spacial score (nSPS) is 42.9. The van der Waals surface area contributed by atoms with Gasteiger partial charge >= 0.3 is 0 Å². The third-order valence-electron chi connectivity index (χ3n) is 2.92. The molecule has 6 atom stereocenters. The number of nitrogens with zero attached hydrogens (tertiary/aromatic N) is 2. The molecule has 0 bridgehead atoms. The molecule has 0 amide bonds. The van der Waals surface area contributed by atoms with Gasteiger partial charge in [0.25, 0.3) is 0 Å². The number of hydrogen-bond acceptors (Lipinski definition) is 6. The van der Waals surface area contributed by atoms with Crippen LogP contribution in [0, 0.1) is 0 Å². The Morgan fingerprint density at radius 3 is 2.59 bits per heavy atom. The molecule has 0 radical (unpaired) electrons. The smallest absolute Gasteiger partial charge is 0.161 e. The summed E-state index contributed by atoms with van der Waals surface area (Å²) in [5.74, 6) is 0. The van der Waals surface area contributed by atoms with E-state index in [9.17, 15) is 14.6 Å². The van der Waals surface area contributed by atoms with Crippen molar-refractivity contribution in [1.82, 2.24) is 4.90 Å². The summed E-state index contributed by atoms with van der Waals surface area (Å²) in [7, 11) is 3.67. The predicted octanol–water partition coefficient (Wildman–Crippen LogP) is -0.176. The largest absolute Gasteiger partial charge is 0.388 e. The minimum Gasteiger partial charge on any atom is -0.388 e. The van der Waals surface area contributed by atoms with Gasteiger partial charge in [-0.25, -0.2) is 4.39 Å². The molecule has 2 heterocycles. The SMILES string of the molecule is C[C@H](F)[C@H]1O[C@@H]2SC(N(C)C)=N[C@@H]2[C@@H](O)[C@@H]1O. The molecule has 2 rings (SSSR count). The maximum atomic E-state index is 13.3. The second-order valence-corrected chi connectivity index (χ2v) is 5.61. The molecule has 98 valence electrons. The monoisotopic (exact) mass is 264 g/mol. The number of rotatable bonds is 1. The summed E-state index contributed by atoms with van der Waals surface area (Å²) in [5, 5.41) is 20.4. The van der Waals surface area contributed by atoms with Crippen LogP contribution in [0.5, 0.6) is 0 Å². The molecular weight excluding hydrogens is 247 g/mol. The van der Waals surface area contributed by atoms with Crippen molar-refractivity contribution in [3.63, 3.8) is 0 Å². The Morgan fingerprint density at radius 2 is 2.06 bits per heavy atom. The lowest BCUT2D eigenvalue weighted by Crippen LogP contribution is -2.57. The number of alkyl halides is 1. The van der Waals surface area contributed by atoms with Crippen LogP contribution in [0.1, 0.15) is 6.92 Å². The van der Waals surface area contributed by atoms with Gasteiger partial charge in [-0.05, 0) is 6.92 Å². The van der Waals surface area contributed by atoms with Gasteiger partial charge in [-0.1, -0.05) is 11.8 Å². The molecule has 2 aliphatic heterocycles. The Bertz CT molecular complexity index is 327. The lowest BCUT2D eigenvalue weighted by molar-refractivity contribution is -0.170. The van der Waals surface area contributed by atoms with Crippen molar-refractivity contribution in [2.24, 2.45) is 4.99 Å². The van der Waals surface area contributed by atoms with E-state index in [2.05, 4.69) is 4.99 Å². The highest BCUT2D eigenvalue weighted by molar-refractivity contribution is 8.14. The summed E-state index contributed by atoms with van der Waals surface area (Å²) in [6.45, 7) is 1.31. The van der Waals surface area contributed by atoms with Crippen molar-refractivity contribution in [3.8, 4) is 0 Å². The van der Waals surface area contributed by atoms with Crippen molar-refractivity contribution in [2.45, 2.75) is 42.9 Å². The lowest BCUT2D eigenvalue weighted by Gasteiger charge is -2.38. The van der Waals surface area contributed by atoms with Crippen LogP contribution in [0.3, 0.4) is 0 Å². The molecule has 0 aliphatic carbocycles. The van der Waals surface area contributed by atoms with E-state index in [1.165, 1.54) is 18.7 Å². The average molecular weight is 264 g/mol. The van der Waals surface area contributed by atoms with E-state index in [1.807, 2.05) is 14.1 Å². The van der Waals surface area contributed by atoms with Crippen molar-refractivity contribution in [1.29, 1.82) is 0 Å². The van der Waals surface area contributed by atoms with Crippen molar-refractivity contribution < 1.29 is 19.3 Å². The standard InChI is InChI=1S/C10H17FN2O3S/c1-4(11)8-7(15)6(14)5-9(16-8)17-10(12-5)13(2)3/h4-9,14-15H,1-3H3/t4-,5+,6+,7-,8+,9+/m0/s1. The minimum absolute atomic E-state index is 0.422. The van der Waals surface area contributed by atoms with E-state index in [-0.39, 0.29) is 0 Å². The van der Waals surface area contributed by atoms with Gasteiger partial charge in [0.1, 0.15) is 36.0 Å². The highest BCUT2D eigenvalue weighted by atomic mass is 32.2. The van der Waals surface area contributed by atoms with Gasteiger partial charge in [0, 0.05) is 14.1 Å². The number of fused-ring (bicyclic) bond motifs is 1. The van der Waals surface area contributed by atoms with Gasteiger partial charge < -0.3 is 19.8 Å². The fourth-order valence-electron chi connectivity index (χ4n) is 1.97. The molecule has 0 unspecified atom stereocenters. The van der Waals surface area contributed by atoms with Gasteiger partial charge in [-0.3, -0.25) is 4.99 Å². The first kappa shape index (κ1) is 13.1. The average Bonchev–Trinajstić information content (AvgIpc) is 2.67. The van der Waals surface area contributed by atoms with E-state index >= 15 is 0 Å². The number of thioether (sulfide) groups is 1. The minimum atomic E-state index is -1.33. The van der Waals surface area contributed by atoms with Gasteiger partial charge in [0.2, 0.25) is 0 Å². The van der Waals surface area contributed by atoms with Crippen LogP contribution in [0.2, 0.25) is 0 Å². The summed E-state index contributed by atoms with van der Waals surface area (Å²) < 4.78 is 18.7. The molecule has 0 spiro atoms. The fraction of sp³-hybridized carbons (Fsp3) is 0.900. The Labute approximate surface area is 104 Å². The first-order valence-electron chi connectivity index (χ1n) is 5.49. The molecule has 17 heavy (non-hydrogen) atoms. The summed E-state index contributed by atoms with van der Waals surface area (Å²) in [5.41, 5.74) is -0.422. The van der Waals surface area contributed by atoms with Gasteiger partial charge in [0.05, 0.1) is 0 Å². The van der Waals surface area contributed by atoms with Crippen LogP contribution in [-0.2, 0) is 4.74 Å². The zero-order valence-corrected chi connectivity index (χ0v) is 10.8. The zero-order valence-electron chi connectivity index (χ0n) is 9.95. The predicted molar refractivity (Wildman–Crippen MR) is 63.7 cm³/mol. The van der Waals surface area contributed by atoms with Gasteiger partial charge in [-0.15, -0.1) is 0 Å². The number of aliphatic hydroxyl groups excluding tert-OH is 2. The summed E-state index contributed by atoms with van der Waals surface area (Å²) >= 11 is 1.35. The van der Waals surface area contributed by atoms with Gasteiger partial charge in [-0.2, -0.15) is 0 Å². The number of ether oxygens (including phenoxy) is 1. The van der Waals surface area contributed by atoms with Crippen LogP contribution in [0.4, 0.5) is 4.39 Å². The Hall–Kier alpha value is -0.370. The molecule has 0 aromatic carbocycles. The van der Waals surface area contributed by atoms with Crippen LogP contribution in [0.15, 0.2) is 4.99 Å². The molecule has 1 saturated heterocycles. The number of hydrogen-bond donors (Lipinski definition) is 2. The van der Waals surface area contributed by atoms with Crippen molar-refractivity contribution in [3.05, 3.63) is 0 Å². The second-order valence-electron chi connectivity index (χ2n) is 4.54. The van der Waals surface area contributed by atoms with E-state index in [0.717, 1.165) is 5.17 Å². The summed E-state index contributed by atoms with van der Waals surface area (Å²) in [6.07, 6.45) is -4.64. The molecule has 0 saturated carbocycles. The third-order valence-corrected chi connectivity index (χ3v) is 4.23. The topological polar surface area (TPSA) is 65.3 Å². The third kappa shape index (κ3) is 2.29. The van der Waals surface area contributed by atoms with E-state index in [1.54, 1.807) is 4.90 Å². The maximum Gasteiger partial charge on any atom is 0.161 e. The summed E-state index contributed by atoms with van der Waals surface area (Å²) in [6, 6.07) is -0.526. The first-order valence-corrected chi connectivity index (χ1v) is 6.37. The van der Waals surface area contributed by atoms with E-state index in [4.69, 9.17) is 4.74 Å². The van der Waals surface area contributed by atoms with Crippen LogP contribution in [0.25, 0.3) is 0 Å². The highest BCUT2D eigenvalue weighted by Crippen LogP contribution is 2.37. The number of amidine groups is 1. The van der Waals surface area contributed by atoms with Crippen LogP contribution >= 0.6 is 11.8 Å². The molecule has 5 nitrogen and oxygen atoms in total. The quantitative estimate of drug-likeness (QED) is 0.688. The Balaban J connectivity index is 2.15. The molecule has 0 aromatic heterocycles. The molecule has 1 fully saturated rings. The second kappa shape index (κ2) is 4.72. The lowest BCUT2D eigenvalue weighted by atomic mass is 9.96. The van der Waals surface area contributed by atoms with Crippen LogP contribution in [-0.4, -0.2) is 70.3 Å². The number of halogens is 1. The Morgan fingerprint density at radius 1 is 1.41 bits per heavy atom. The molecule has 2 N–H and O–H groups in total. The Kier molecular flexibility index (Phi) is 3.63. The van der Waals surface area contributed by atoms with E-state index < -0.39 is 36.0 Å². The number of aliphatic imine (C=N–C) groups is 1. The fourth-order valence-corrected chi connectivity index (χ4v) is 3.12. The zero-order chi connectivity index (χ0) is 12.7. The summed E-state index contributed by atoms with van der Waals surface area (Å²) in [4.78, 5) is 6.09. The highest BCUT2D eigenvalue weighted by Gasteiger charge is 2.50. The maximum absolute atomic E-state index is 13.3. The van der Waals surface area contributed by atoms with E-state index in [0.29, 0.717) is 0 Å². The van der Waals surface area contributed by atoms with Crippen molar-refractivity contribution in [2.75, 3.05) is 14.1 Å². The van der Waals surface area contributed by atoms with Crippen LogP contribution < -0.4 is 0 Å². The molecule has 2 aliphatic rings. The molecule has 7 heteroatoms. The molecule has 0 aromatic rings. The van der Waals surface area contributed by atoms with Crippen molar-refractivity contribution >= 4 is 16.9 Å². The van der Waals surface area contributed by atoms with Gasteiger partial charge in [0.15, 0.2) is 5.17 Å².